The monoisotopic (exact) mass is 564 g/mol. The number of furan rings is 1. The predicted molar refractivity (Wildman–Crippen MR) is 141 cm³/mol. The van der Waals surface area contributed by atoms with Crippen LogP contribution in [0, 0.1) is 6.92 Å². The number of nitrogens with zero attached hydrogens (tertiary/aromatic N) is 2. The van der Waals surface area contributed by atoms with Crippen LogP contribution in [0.5, 0.6) is 0 Å². The Morgan fingerprint density at radius 3 is 2.56 bits per heavy atom. The molecule has 5 rings (SSSR count). The maximum atomic E-state index is 13.2. The Kier molecular flexibility index (Phi) is 6.59. The second-order valence-corrected chi connectivity index (χ2v) is 10.2. The van der Waals surface area contributed by atoms with E-state index in [1.165, 1.54) is 13.2 Å². The number of hydrogen-bond donors (Lipinski definition) is 0. The lowest BCUT2D eigenvalue weighted by atomic mass is 10.1. The average molecular weight is 565 g/mol. The Morgan fingerprint density at radius 1 is 1.06 bits per heavy atom. The van der Waals surface area contributed by atoms with Gasteiger partial charge in [0.1, 0.15) is 5.76 Å². The van der Waals surface area contributed by atoms with E-state index in [4.69, 9.17) is 4.42 Å². The summed E-state index contributed by atoms with van der Waals surface area (Å²) >= 11 is 4.37. The van der Waals surface area contributed by atoms with Gasteiger partial charge in [0.25, 0.3) is 11.1 Å². The number of ether oxygens (including phenoxy) is 1. The summed E-state index contributed by atoms with van der Waals surface area (Å²) in [5, 5.41) is 0.617. The zero-order chi connectivity index (χ0) is 25.4. The van der Waals surface area contributed by atoms with Gasteiger partial charge < -0.3 is 13.7 Å². The van der Waals surface area contributed by atoms with Gasteiger partial charge in [-0.05, 0) is 60.7 Å². The van der Waals surface area contributed by atoms with E-state index >= 15 is 0 Å². The van der Waals surface area contributed by atoms with Crippen molar-refractivity contribution in [1.29, 1.82) is 0 Å². The summed E-state index contributed by atoms with van der Waals surface area (Å²) in [5.74, 6) is -0.680. The topological polar surface area (TPSA) is 81.8 Å². The molecule has 0 saturated carbocycles. The molecule has 0 atom stereocenters. The quantitative estimate of drug-likeness (QED) is 0.200. The first-order chi connectivity index (χ1) is 17.4. The van der Waals surface area contributed by atoms with Crippen molar-refractivity contribution in [3.63, 3.8) is 0 Å². The van der Waals surface area contributed by atoms with Crippen molar-refractivity contribution < 1.29 is 23.5 Å². The number of benzene rings is 2. The molecule has 4 aromatic rings. The van der Waals surface area contributed by atoms with Crippen molar-refractivity contribution in [2.45, 2.75) is 20.0 Å². The molecule has 0 spiro atoms. The van der Waals surface area contributed by atoms with Crippen molar-refractivity contribution in [3.05, 3.63) is 98.4 Å². The highest BCUT2D eigenvalue weighted by Gasteiger charge is 2.36. The van der Waals surface area contributed by atoms with Crippen LogP contribution in [-0.2, 0) is 22.6 Å². The molecule has 1 aliphatic heterocycles. The Labute approximate surface area is 219 Å². The summed E-state index contributed by atoms with van der Waals surface area (Å²) in [5.41, 5.74) is 4.10. The minimum atomic E-state index is -0.620. The fraction of sp³-hybridized carbons (Fsp3) is 0.148. The standard InChI is InChI=1S/C27H21BrN2O5S/c1-16-21(20-5-3-4-6-22(20)29(16)14-17-7-9-18(28)10-8-17)13-24-25(31)30(27(33)36-24)15-19-11-12-23(35-19)26(32)34-2/h3-13H,14-15H2,1-2H3/b24-13+. The number of thioether (sulfide) groups is 1. The zero-order valence-corrected chi connectivity index (χ0v) is 21.9. The molecule has 1 fully saturated rings. The lowest BCUT2D eigenvalue weighted by molar-refractivity contribution is -0.123. The Hall–Kier alpha value is -3.56. The number of halogens is 1. The molecule has 0 N–H and O–H groups in total. The Morgan fingerprint density at radius 2 is 1.81 bits per heavy atom. The molecule has 2 aromatic carbocycles. The summed E-state index contributed by atoms with van der Waals surface area (Å²) < 4.78 is 13.3. The van der Waals surface area contributed by atoms with Crippen LogP contribution < -0.4 is 0 Å². The fourth-order valence-electron chi connectivity index (χ4n) is 4.21. The minimum Gasteiger partial charge on any atom is -0.463 e. The number of fused-ring (bicyclic) bond motifs is 1. The van der Waals surface area contributed by atoms with E-state index < -0.39 is 17.1 Å². The number of carbonyl (C=O) groups is 3. The molecule has 36 heavy (non-hydrogen) atoms. The molecule has 0 unspecified atom stereocenters. The number of methoxy groups -OCH3 is 1. The number of hydrogen-bond acceptors (Lipinski definition) is 6. The van der Waals surface area contributed by atoms with Crippen LogP contribution in [0.4, 0.5) is 4.79 Å². The van der Waals surface area contributed by atoms with Gasteiger partial charge in [0.05, 0.1) is 18.6 Å². The van der Waals surface area contributed by atoms with E-state index in [1.54, 1.807) is 12.1 Å². The lowest BCUT2D eigenvalue weighted by Crippen LogP contribution is -2.27. The largest absolute Gasteiger partial charge is 0.463 e. The van der Waals surface area contributed by atoms with E-state index in [0.29, 0.717) is 17.2 Å². The first kappa shape index (κ1) is 24.1. The first-order valence-electron chi connectivity index (χ1n) is 11.1. The molecule has 0 radical (unpaired) electrons. The molecule has 2 amide bonds. The third-order valence-electron chi connectivity index (χ3n) is 6.04. The summed E-state index contributed by atoms with van der Waals surface area (Å²) in [6.45, 7) is 2.63. The lowest BCUT2D eigenvalue weighted by Gasteiger charge is -2.10. The van der Waals surface area contributed by atoms with E-state index in [1.807, 2.05) is 37.3 Å². The Balaban J connectivity index is 1.46. The zero-order valence-electron chi connectivity index (χ0n) is 19.5. The molecule has 1 saturated heterocycles. The number of esters is 1. The third kappa shape index (κ3) is 4.52. The van der Waals surface area contributed by atoms with Crippen molar-refractivity contribution in [1.82, 2.24) is 9.47 Å². The molecular formula is C27H21BrN2O5S. The van der Waals surface area contributed by atoms with Gasteiger partial charge >= 0.3 is 5.97 Å². The second-order valence-electron chi connectivity index (χ2n) is 8.25. The minimum absolute atomic E-state index is 0.0178. The number of aromatic nitrogens is 1. The van der Waals surface area contributed by atoms with Crippen molar-refractivity contribution in [3.8, 4) is 0 Å². The molecule has 9 heteroatoms. The van der Waals surface area contributed by atoms with E-state index in [9.17, 15) is 14.4 Å². The van der Waals surface area contributed by atoms with Crippen LogP contribution in [0.1, 0.15) is 33.1 Å². The molecule has 0 aliphatic carbocycles. The summed E-state index contributed by atoms with van der Waals surface area (Å²) in [6, 6.07) is 19.2. The molecule has 182 valence electrons. The smallest absolute Gasteiger partial charge is 0.373 e. The maximum Gasteiger partial charge on any atom is 0.373 e. The summed E-state index contributed by atoms with van der Waals surface area (Å²) in [7, 11) is 1.25. The van der Waals surface area contributed by atoms with Crippen molar-refractivity contribution >= 4 is 61.8 Å². The third-order valence-corrected chi connectivity index (χ3v) is 7.48. The van der Waals surface area contributed by atoms with Crippen LogP contribution in [0.15, 0.2) is 74.5 Å². The molecule has 3 heterocycles. The van der Waals surface area contributed by atoms with Gasteiger partial charge in [-0.15, -0.1) is 0 Å². The van der Waals surface area contributed by atoms with Gasteiger partial charge in [-0.2, -0.15) is 0 Å². The van der Waals surface area contributed by atoms with Crippen LogP contribution >= 0.6 is 27.7 Å². The normalized spacial score (nSPS) is 14.9. The van der Waals surface area contributed by atoms with E-state index in [-0.39, 0.29) is 12.3 Å². The number of para-hydroxylation sites is 1. The summed E-state index contributed by atoms with van der Waals surface area (Å²) in [4.78, 5) is 39.0. The van der Waals surface area contributed by atoms with E-state index in [2.05, 4.69) is 43.4 Å². The Bertz CT molecular complexity index is 1530. The van der Waals surface area contributed by atoms with Crippen LogP contribution in [-0.4, -0.2) is 33.7 Å². The molecular weight excluding hydrogens is 544 g/mol. The molecule has 1 aliphatic rings. The first-order valence-corrected chi connectivity index (χ1v) is 12.7. The molecule has 0 bridgehead atoms. The predicted octanol–water partition coefficient (Wildman–Crippen LogP) is 6.38. The van der Waals surface area contributed by atoms with Crippen LogP contribution in [0.25, 0.3) is 17.0 Å². The van der Waals surface area contributed by atoms with Gasteiger partial charge in [0.2, 0.25) is 5.76 Å². The molecule has 2 aromatic heterocycles. The number of rotatable bonds is 6. The van der Waals surface area contributed by atoms with Gasteiger partial charge in [0, 0.05) is 33.2 Å². The van der Waals surface area contributed by atoms with Crippen LogP contribution in [0.2, 0.25) is 0 Å². The van der Waals surface area contributed by atoms with Crippen molar-refractivity contribution in [2.24, 2.45) is 0 Å². The van der Waals surface area contributed by atoms with E-state index in [0.717, 1.165) is 48.9 Å². The SMILES string of the molecule is COC(=O)c1ccc(CN2C(=O)S/C(=C/c3c(C)n(Cc4ccc(Br)cc4)c4ccccc34)C2=O)o1. The highest BCUT2D eigenvalue weighted by atomic mass is 79.9. The number of carbonyl (C=O) groups excluding carboxylic acids is 3. The molecule has 7 nitrogen and oxygen atoms in total. The second kappa shape index (κ2) is 9.83. The number of amides is 2. The maximum absolute atomic E-state index is 13.2. The van der Waals surface area contributed by atoms with Gasteiger partial charge in [-0.1, -0.05) is 46.3 Å². The van der Waals surface area contributed by atoms with Crippen LogP contribution in [0.3, 0.4) is 0 Å². The number of imide groups is 1. The highest BCUT2D eigenvalue weighted by Crippen LogP contribution is 2.36. The van der Waals surface area contributed by atoms with Gasteiger partial charge in [-0.25, -0.2) is 4.79 Å². The average Bonchev–Trinajstić information content (AvgIpc) is 3.53. The van der Waals surface area contributed by atoms with Crippen molar-refractivity contribution in [2.75, 3.05) is 7.11 Å². The van der Waals surface area contributed by atoms with Gasteiger partial charge in [0.15, 0.2) is 0 Å². The fourth-order valence-corrected chi connectivity index (χ4v) is 5.30. The summed E-state index contributed by atoms with van der Waals surface area (Å²) in [6.07, 6.45) is 1.79. The highest BCUT2D eigenvalue weighted by molar-refractivity contribution is 9.10. The van der Waals surface area contributed by atoms with Gasteiger partial charge in [-0.3, -0.25) is 14.5 Å².